The van der Waals surface area contributed by atoms with Crippen LogP contribution in [0.5, 0.6) is 0 Å². The van der Waals surface area contributed by atoms with Gasteiger partial charge in [-0.25, -0.2) is 4.79 Å². The van der Waals surface area contributed by atoms with Crippen LogP contribution in [0.1, 0.15) is 74.5 Å². The van der Waals surface area contributed by atoms with Crippen molar-refractivity contribution in [2.24, 2.45) is 5.92 Å². The second-order valence-electron chi connectivity index (χ2n) is 10.6. The molecule has 2 aromatic carbocycles. The molecule has 5 heteroatoms. The van der Waals surface area contributed by atoms with Gasteiger partial charge in [0.25, 0.3) is 0 Å². The lowest BCUT2D eigenvalue weighted by Crippen LogP contribution is -2.45. The first-order valence-corrected chi connectivity index (χ1v) is 13.3. The third kappa shape index (κ3) is 8.29. The van der Waals surface area contributed by atoms with E-state index in [4.69, 9.17) is 9.47 Å². The molecular weight excluding hydrogens is 450 g/mol. The topological polar surface area (TPSA) is 67.8 Å². The Labute approximate surface area is 216 Å². The van der Waals surface area contributed by atoms with Crippen LogP contribution in [-0.4, -0.2) is 42.5 Å². The number of fused-ring (bicyclic) bond motifs is 1. The van der Waals surface area contributed by atoms with Crippen LogP contribution in [-0.2, 0) is 27.1 Å². The molecule has 196 valence electrons. The maximum absolute atomic E-state index is 11.8. The van der Waals surface area contributed by atoms with E-state index in [2.05, 4.69) is 50.4 Å². The molecule has 0 saturated carbocycles. The Morgan fingerprint density at radius 2 is 1.86 bits per heavy atom. The minimum atomic E-state index is -0.608. The quantitative estimate of drug-likeness (QED) is 0.282. The molecule has 0 bridgehead atoms. The van der Waals surface area contributed by atoms with Gasteiger partial charge in [-0.15, -0.1) is 0 Å². The average molecular weight is 494 g/mol. The molecular formula is C31H43NO4. The summed E-state index contributed by atoms with van der Waals surface area (Å²) >= 11 is 0. The van der Waals surface area contributed by atoms with E-state index in [9.17, 15) is 9.90 Å². The molecule has 0 radical (unpaired) electrons. The maximum atomic E-state index is 11.8. The Kier molecular flexibility index (Phi) is 10.3. The molecule has 2 aromatic rings. The molecule has 5 nitrogen and oxygen atoms in total. The number of ether oxygens (including phenoxy) is 2. The molecule has 2 N–H and O–H groups in total. The summed E-state index contributed by atoms with van der Waals surface area (Å²) in [5.74, 6) is 0.273. The van der Waals surface area contributed by atoms with Crippen LogP contribution in [0.2, 0.25) is 0 Å². The Balaban J connectivity index is 1.52. The summed E-state index contributed by atoms with van der Waals surface area (Å²) in [6.45, 7) is 11.4. The number of aryl methyl sites for hydroxylation is 1. The zero-order valence-corrected chi connectivity index (χ0v) is 22.5. The number of aliphatic hydroxyl groups is 1. The summed E-state index contributed by atoms with van der Waals surface area (Å²) in [5.41, 5.74) is 5.93. The summed E-state index contributed by atoms with van der Waals surface area (Å²) in [4.78, 5) is 11.8. The highest BCUT2D eigenvalue weighted by atomic mass is 16.5. The van der Waals surface area contributed by atoms with E-state index in [-0.39, 0.29) is 24.2 Å². The van der Waals surface area contributed by atoms with Crippen molar-refractivity contribution in [3.8, 4) is 0 Å². The molecule has 3 rings (SSSR count). The Morgan fingerprint density at radius 3 is 2.50 bits per heavy atom. The van der Waals surface area contributed by atoms with Gasteiger partial charge in [-0.2, -0.15) is 0 Å². The number of nitrogens with one attached hydrogen (secondary N) is 1. The molecule has 36 heavy (non-hydrogen) atoms. The standard InChI is InChI=1S/C31H43NO4/c1-6-29(28-14-12-22(3)16-26(28)13-15-30(34)35-7-2)36-21-27(33)20-32-31(4,5)19-23-17-24-10-8-9-11-25(24)18-23/h8-16,23,27,29,32-33H,6-7,17-21H2,1-5H3/b15-13+/t27-,29-/m1/s1. The number of hydrogen-bond donors (Lipinski definition) is 2. The minimum absolute atomic E-state index is 0.0696. The number of carbonyl (C=O) groups is 1. The normalized spacial score (nSPS) is 15.7. The molecule has 0 heterocycles. The van der Waals surface area contributed by atoms with Crippen LogP contribution < -0.4 is 5.32 Å². The number of β-amino-alcohol motifs (C(OH)–C–C–N with tert-alkyl or cyclic N) is 1. The van der Waals surface area contributed by atoms with Crippen molar-refractivity contribution < 1.29 is 19.4 Å². The zero-order chi connectivity index (χ0) is 26.1. The van der Waals surface area contributed by atoms with Gasteiger partial charge in [-0.05, 0) is 87.6 Å². The Morgan fingerprint density at radius 1 is 1.17 bits per heavy atom. The average Bonchev–Trinajstić information content (AvgIpc) is 3.24. The highest BCUT2D eigenvalue weighted by molar-refractivity contribution is 5.87. The van der Waals surface area contributed by atoms with Crippen LogP contribution in [0.3, 0.4) is 0 Å². The second kappa shape index (κ2) is 13.2. The van der Waals surface area contributed by atoms with E-state index in [1.54, 1.807) is 13.0 Å². The van der Waals surface area contributed by atoms with Crippen LogP contribution in [0.15, 0.2) is 48.5 Å². The van der Waals surface area contributed by atoms with E-state index in [0.717, 1.165) is 42.4 Å². The molecule has 1 aliphatic carbocycles. The van der Waals surface area contributed by atoms with Crippen molar-refractivity contribution in [3.63, 3.8) is 0 Å². The van der Waals surface area contributed by atoms with Crippen molar-refractivity contribution in [1.29, 1.82) is 0 Å². The van der Waals surface area contributed by atoms with Gasteiger partial charge in [-0.1, -0.05) is 55.0 Å². The van der Waals surface area contributed by atoms with Gasteiger partial charge in [0.2, 0.25) is 0 Å². The number of carbonyl (C=O) groups excluding carboxylic acids is 1. The molecule has 2 atom stereocenters. The van der Waals surface area contributed by atoms with E-state index in [1.165, 1.54) is 17.2 Å². The zero-order valence-electron chi connectivity index (χ0n) is 22.5. The number of aliphatic hydroxyl groups excluding tert-OH is 1. The molecule has 0 aromatic heterocycles. The van der Waals surface area contributed by atoms with Crippen molar-refractivity contribution in [2.75, 3.05) is 19.8 Å². The lowest BCUT2D eigenvalue weighted by molar-refractivity contribution is -0.137. The molecule has 1 aliphatic rings. The van der Waals surface area contributed by atoms with Gasteiger partial charge in [-0.3, -0.25) is 0 Å². The summed E-state index contributed by atoms with van der Waals surface area (Å²) < 4.78 is 11.2. The van der Waals surface area contributed by atoms with Crippen LogP contribution in [0.25, 0.3) is 6.08 Å². The predicted octanol–water partition coefficient (Wildman–Crippen LogP) is 5.57. The summed E-state index contributed by atoms with van der Waals surface area (Å²) in [7, 11) is 0. The van der Waals surface area contributed by atoms with Gasteiger partial charge < -0.3 is 19.9 Å². The largest absolute Gasteiger partial charge is 0.463 e. The van der Waals surface area contributed by atoms with E-state index < -0.39 is 6.10 Å². The number of rotatable bonds is 13. The molecule has 0 aliphatic heterocycles. The predicted molar refractivity (Wildman–Crippen MR) is 146 cm³/mol. The Hall–Kier alpha value is -2.47. The van der Waals surface area contributed by atoms with Gasteiger partial charge in [0.05, 0.1) is 25.4 Å². The van der Waals surface area contributed by atoms with Crippen LogP contribution in [0, 0.1) is 12.8 Å². The van der Waals surface area contributed by atoms with Crippen molar-refractivity contribution >= 4 is 12.0 Å². The van der Waals surface area contributed by atoms with E-state index in [1.807, 2.05) is 25.1 Å². The van der Waals surface area contributed by atoms with Crippen LogP contribution >= 0.6 is 0 Å². The van der Waals surface area contributed by atoms with E-state index in [0.29, 0.717) is 19.1 Å². The van der Waals surface area contributed by atoms with Gasteiger partial charge in [0, 0.05) is 18.2 Å². The lowest BCUT2D eigenvalue weighted by atomic mass is 9.88. The van der Waals surface area contributed by atoms with E-state index >= 15 is 0 Å². The van der Waals surface area contributed by atoms with Gasteiger partial charge in [0.1, 0.15) is 0 Å². The molecule has 0 amide bonds. The molecule has 0 fully saturated rings. The lowest BCUT2D eigenvalue weighted by Gasteiger charge is -2.31. The number of benzene rings is 2. The first-order valence-electron chi connectivity index (χ1n) is 13.3. The fourth-order valence-electron chi connectivity index (χ4n) is 5.18. The molecule has 0 spiro atoms. The number of hydrogen-bond acceptors (Lipinski definition) is 5. The first kappa shape index (κ1) is 28.1. The minimum Gasteiger partial charge on any atom is -0.463 e. The fourth-order valence-corrected chi connectivity index (χ4v) is 5.18. The summed E-state index contributed by atoms with van der Waals surface area (Å²) in [6, 6.07) is 14.9. The maximum Gasteiger partial charge on any atom is 0.330 e. The smallest absolute Gasteiger partial charge is 0.330 e. The van der Waals surface area contributed by atoms with Crippen molar-refractivity contribution in [1.82, 2.24) is 5.32 Å². The van der Waals surface area contributed by atoms with Gasteiger partial charge >= 0.3 is 5.97 Å². The summed E-state index contributed by atoms with van der Waals surface area (Å²) in [5, 5.41) is 14.3. The monoisotopic (exact) mass is 493 g/mol. The van der Waals surface area contributed by atoms with Crippen LogP contribution in [0.4, 0.5) is 0 Å². The first-order chi connectivity index (χ1) is 17.2. The third-order valence-electron chi connectivity index (χ3n) is 6.89. The van der Waals surface area contributed by atoms with Gasteiger partial charge in [0.15, 0.2) is 0 Å². The third-order valence-corrected chi connectivity index (χ3v) is 6.89. The van der Waals surface area contributed by atoms with Crippen molar-refractivity contribution in [2.45, 2.75) is 78.0 Å². The summed E-state index contributed by atoms with van der Waals surface area (Å²) in [6.07, 6.45) is 6.55. The molecule has 0 unspecified atom stereocenters. The highest BCUT2D eigenvalue weighted by Crippen LogP contribution is 2.32. The highest BCUT2D eigenvalue weighted by Gasteiger charge is 2.28. The SMILES string of the molecule is CCOC(=O)/C=C/c1cc(C)ccc1[C@@H](CC)OC[C@H](O)CNC(C)(C)CC1Cc2ccccc2C1. The fraction of sp³-hybridized carbons (Fsp3) is 0.516. The number of esters is 1. The Bertz CT molecular complexity index is 1000. The molecule has 0 saturated heterocycles. The second-order valence-corrected chi connectivity index (χ2v) is 10.6. The van der Waals surface area contributed by atoms with Crippen molar-refractivity contribution in [3.05, 3.63) is 76.4 Å².